The molecule has 186 valence electrons. The predicted octanol–water partition coefficient (Wildman–Crippen LogP) is 5.72. The Labute approximate surface area is 223 Å². The molecule has 0 fully saturated rings. The van der Waals surface area contributed by atoms with Crippen molar-refractivity contribution in [3.05, 3.63) is 121 Å². The van der Waals surface area contributed by atoms with E-state index in [0.29, 0.717) is 0 Å². The van der Waals surface area contributed by atoms with Crippen molar-refractivity contribution in [3.63, 3.8) is 0 Å². The zero-order valence-electron chi connectivity index (χ0n) is 19.4. The van der Waals surface area contributed by atoms with Gasteiger partial charge >= 0.3 is 225 Å². The van der Waals surface area contributed by atoms with E-state index in [1.54, 1.807) is 0 Å². The SMILES string of the molecule is [Cl][Ru-2]([Cl])([NH]CCP(c1ccccc1)c1ccccc1)[NH]CCP(c1ccccc1)c1ccccc1. The predicted molar refractivity (Wildman–Crippen MR) is 156 cm³/mol. The molecule has 0 saturated heterocycles. The molecule has 2 nitrogen and oxygen atoms in total. The first kappa shape index (κ1) is 26.9. The van der Waals surface area contributed by atoms with Crippen molar-refractivity contribution in [1.29, 1.82) is 0 Å². The summed E-state index contributed by atoms with van der Waals surface area (Å²) in [5, 5.41) is 5.50. The van der Waals surface area contributed by atoms with Gasteiger partial charge in [-0.3, -0.25) is 0 Å². The molecule has 4 aromatic rings. The molecule has 0 spiro atoms. The third-order valence-corrected chi connectivity index (χ3v) is 15.1. The summed E-state index contributed by atoms with van der Waals surface area (Å²) in [4.78, 5) is 0. The molecule has 0 atom stereocenters. The van der Waals surface area contributed by atoms with Gasteiger partial charge in [0.25, 0.3) is 0 Å². The van der Waals surface area contributed by atoms with Crippen LogP contribution in [0.15, 0.2) is 121 Å². The molecule has 4 rings (SSSR count). The van der Waals surface area contributed by atoms with Crippen LogP contribution in [0.2, 0.25) is 0 Å². The molecule has 4 aromatic carbocycles. The molecule has 0 radical (unpaired) electrons. The number of halogens is 2. The van der Waals surface area contributed by atoms with E-state index < -0.39 is 29.1 Å². The summed E-state index contributed by atoms with van der Waals surface area (Å²) in [7, 11) is 12.7. The summed E-state index contributed by atoms with van der Waals surface area (Å²) in [5.41, 5.74) is 0. The Balaban J connectivity index is 1.34. The van der Waals surface area contributed by atoms with Crippen LogP contribution in [0.3, 0.4) is 0 Å². The van der Waals surface area contributed by atoms with Gasteiger partial charge in [-0.25, -0.2) is 0 Å². The van der Waals surface area contributed by atoms with Gasteiger partial charge in [0.2, 0.25) is 0 Å². The van der Waals surface area contributed by atoms with E-state index in [0.717, 1.165) is 25.4 Å². The van der Waals surface area contributed by atoms with Crippen molar-refractivity contribution >= 4 is 56.4 Å². The average Bonchev–Trinajstić information content (AvgIpc) is 2.91. The second kappa shape index (κ2) is 14.0. The summed E-state index contributed by atoms with van der Waals surface area (Å²) < 4.78 is 6.99. The van der Waals surface area contributed by atoms with Crippen molar-refractivity contribution in [2.75, 3.05) is 25.4 Å². The standard InChI is InChI=1S/2C14H15NP.2ClH.Ru/c2*15-11-12-16(13-7-3-1-4-8-13)14-9-5-2-6-10-14;;;/h2*1-10,15H,11-12H2;2*1H;/q2*-1;;;+2/p-2. The fraction of sp³-hybridized carbons (Fsp3) is 0.143. The normalized spacial score (nSPS) is 12.2. The van der Waals surface area contributed by atoms with E-state index in [1.807, 2.05) is 0 Å². The second-order valence-electron chi connectivity index (χ2n) is 7.80. The van der Waals surface area contributed by atoms with Gasteiger partial charge in [-0.15, -0.1) is 0 Å². The first-order valence-electron chi connectivity index (χ1n) is 11.5. The maximum atomic E-state index is 6.81. The number of benzene rings is 4. The van der Waals surface area contributed by atoms with Crippen LogP contribution in [0.1, 0.15) is 0 Å². The molecule has 0 aromatic heterocycles. The molecule has 0 saturated carbocycles. The van der Waals surface area contributed by atoms with Gasteiger partial charge < -0.3 is 0 Å². The van der Waals surface area contributed by atoms with Gasteiger partial charge in [-0.05, 0) is 0 Å². The fourth-order valence-corrected chi connectivity index (χ4v) is 12.2. The Morgan fingerprint density at radius 3 is 0.971 bits per heavy atom. The molecular weight excluding hydrogens is 598 g/mol. The third-order valence-electron chi connectivity index (χ3n) is 5.43. The zero-order chi connectivity index (χ0) is 24.3. The van der Waals surface area contributed by atoms with Crippen LogP contribution in [0, 0.1) is 0 Å². The van der Waals surface area contributed by atoms with Crippen LogP contribution in [0.25, 0.3) is 0 Å². The van der Waals surface area contributed by atoms with Gasteiger partial charge in [0.05, 0.1) is 0 Å². The number of nitrogens with one attached hydrogen (secondary N) is 2. The molecule has 7 heteroatoms. The second-order valence-corrected chi connectivity index (χ2v) is 21.3. The minimum absolute atomic E-state index is 0.465. The molecule has 2 N–H and O–H groups in total. The summed E-state index contributed by atoms with van der Waals surface area (Å²) >= 11 is -3.13. The van der Waals surface area contributed by atoms with Crippen molar-refractivity contribution in [2.45, 2.75) is 0 Å². The minimum atomic E-state index is -3.13. The first-order valence-corrected chi connectivity index (χ1v) is 20.8. The van der Waals surface area contributed by atoms with Crippen LogP contribution < -0.4 is 29.3 Å². The van der Waals surface area contributed by atoms with Gasteiger partial charge in [-0.2, -0.15) is 0 Å². The van der Waals surface area contributed by atoms with Crippen LogP contribution in [-0.2, 0) is 13.3 Å². The zero-order valence-corrected chi connectivity index (χ0v) is 24.4. The number of hydrogen-bond donors (Lipinski definition) is 2. The molecule has 0 bridgehead atoms. The number of rotatable bonds is 12. The van der Waals surface area contributed by atoms with E-state index >= 15 is 0 Å². The van der Waals surface area contributed by atoms with Gasteiger partial charge in [0, 0.05) is 0 Å². The average molecular weight is 628 g/mol. The van der Waals surface area contributed by atoms with Gasteiger partial charge in [0.15, 0.2) is 0 Å². The van der Waals surface area contributed by atoms with E-state index in [2.05, 4.69) is 129 Å². The van der Waals surface area contributed by atoms with Gasteiger partial charge in [-0.1, -0.05) is 0 Å². The number of hydrogen-bond acceptors (Lipinski definition) is 2. The van der Waals surface area contributed by atoms with Crippen molar-refractivity contribution in [2.24, 2.45) is 0 Å². The first-order chi connectivity index (χ1) is 17.1. The Bertz CT molecular complexity index is 967. The third kappa shape index (κ3) is 8.45. The fourth-order valence-electron chi connectivity index (χ4n) is 3.82. The summed E-state index contributed by atoms with van der Waals surface area (Å²) in [6, 6.07) is 43.0. The van der Waals surface area contributed by atoms with Crippen LogP contribution >= 0.6 is 35.2 Å². The molecule has 0 aliphatic rings. The molecule has 0 unspecified atom stereocenters. The van der Waals surface area contributed by atoms with Crippen molar-refractivity contribution in [1.82, 2.24) is 8.12 Å². The van der Waals surface area contributed by atoms with Crippen molar-refractivity contribution < 1.29 is 13.3 Å². The Kier molecular flexibility index (Phi) is 10.7. The van der Waals surface area contributed by atoms with E-state index in [9.17, 15) is 0 Å². The van der Waals surface area contributed by atoms with Crippen molar-refractivity contribution in [3.8, 4) is 0 Å². The Hall–Kier alpha value is -1.14. The maximum absolute atomic E-state index is 6.81. The van der Waals surface area contributed by atoms with E-state index in [-0.39, 0.29) is 0 Å². The molecule has 0 aliphatic carbocycles. The molecular formula is C28H30Cl2N2P2Ru-2. The van der Waals surface area contributed by atoms with Crippen LogP contribution in [0.4, 0.5) is 0 Å². The molecule has 35 heavy (non-hydrogen) atoms. The van der Waals surface area contributed by atoms with Gasteiger partial charge in [0.1, 0.15) is 0 Å². The Morgan fingerprint density at radius 2 is 0.714 bits per heavy atom. The quantitative estimate of drug-likeness (QED) is 0.155. The summed E-state index contributed by atoms with van der Waals surface area (Å²) in [6.07, 6.45) is 1.99. The molecule has 0 heterocycles. The molecule has 0 amide bonds. The van der Waals surface area contributed by atoms with E-state index in [1.165, 1.54) is 21.2 Å². The Morgan fingerprint density at radius 1 is 0.457 bits per heavy atom. The topological polar surface area (TPSA) is 24.1 Å². The summed E-state index contributed by atoms with van der Waals surface area (Å²) in [5.74, 6) is 0. The van der Waals surface area contributed by atoms with E-state index in [4.69, 9.17) is 19.4 Å². The summed E-state index contributed by atoms with van der Waals surface area (Å²) in [6.45, 7) is 1.57. The molecule has 0 aliphatic heterocycles. The van der Waals surface area contributed by atoms with Crippen LogP contribution in [0.5, 0.6) is 0 Å². The van der Waals surface area contributed by atoms with Crippen LogP contribution in [-0.4, -0.2) is 25.4 Å². The monoisotopic (exact) mass is 628 g/mol.